The van der Waals surface area contributed by atoms with E-state index in [1.54, 1.807) is 18.2 Å². The van der Waals surface area contributed by atoms with Crippen LogP contribution in [-0.4, -0.2) is 17.2 Å². The summed E-state index contributed by atoms with van der Waals surface area (Å²) in [5.74, 6) is -0.950. The summed E-state index contributed by atoms with van der Waals surface area (Å²) in [6.07, 6.45) is 9.68. The molecule has 0 spiro atoms. The Balaban J connectivity index is 0.000000172. The maximum Gasteiger partial charge on any atom is 0.491 e. The van der Waals surface area contributed by atoms with Gasteiger partial charge in [0.05, 0.1) is 0 Å². The fourth-order valence-corrected chi connectivity index (χ4v) is 9.06. The van der Waals surface area contributed by atoms with Gasteiger partial charge in [-0.15, -0.1) is 0 Å². The van der Waals surface area contributed by atoms with Gasteiger partial charge in [-0.3, -0.25) is 0 Å². The molecule has 390 valence electrons. The Labute approximate surface area is 459 Å². The maximum atomic E-state index is 14.6. The number of benzene rings is 9. The van der Waals surface area contributed by atoms with Crippen molar-refractivity contribution in [2.75, 3.05) is 0 Å². The lowest BCUT2D eigenvalue weighted by molar-refractivity contribution is 0.423. The molecule has 0 aliphatic heterocycles. The van der Waals surface area contributed by atoms with Gasteiger partial charge < -0.3 is 10.0 Å². The molecule has 0 radical (unpaired) electrons. The molecule has 76 heavy (non-hydrogen) atoms. The summed E-state index contributed by atoms with van der Waals surface area (Å²) in [7, 11) is -1.78. The van der Waals surface area contributed by atoms with Gasteiger partial charge in [-0.05, 0) is 147 Å². The summed E-state index contributed by atoms with van der Waals surface area (Å²) in [6.45, 7) is 12.9. The van der Waals surface area contributed by atoms with Gasteiger partial charge >= 0.3 is 7.12 Å². The Morgan fingerprint density at radius 1 is 0.316 bits per heavy atom. The highest BCUT2D eigenvalue weighted by atomic mass is 79.9. The van der Waals surface area contributed by atoms with Crippen LogP contribution in [0.1, 0.15) is 94.2 Å². The molecular weight excluding hydrogens is 1010 g/mol. The molecule has 0 saturated heterocycles. The lowest BCUT2D eigenvalue weighted by atomic mass is 9.79. The molecule has 0 fully saturated rings. The highest BCUT2D eigenvalue weighted by molar-refractivity contribution is 9.10. The molecule has 9 aromatic carbocycles. The lowest BCUT2D eigenvalue weighted by Crippen LogP contribution is -2.32. The van der Waals surface area contributed by atoms with E-state index in [2.05, 4.69) is 155 Å². The van der Waals surface area contributed by atoms with Gasteiger partial charge in [-0.2, -0.15) is 0 Å². The third-order valence-corrected chi connectivity index (χ3v) is 13.9. The number of rotatable bonds is 15. The highest BCUT2D eigenvalue weighted by Gasteiger charge is 2.17. The summed E-state index contributed by atoms with van der Waals surface area (Å²) in [5.41, 5.74) is 16.5. The van der Waals surface area contributed by atoms with E-state index < -0.39 is 12.9 Å². The molecule has 9 aromatic rings. The molecule has 9 rings (SSSR count). The first-order valence-corrected chi connectivity index (χ1v) is 27.6. The quantitative estimate of drug-likeness (QED) is 0.100. The Morgan fingerprint density at radius 3 is 0.855 bits per heavy atom. The van der Waals surface area contributed by atoms with Crippen LogP contribution in [0.25, 0.3) is 55.6 Å². The van der Waals surface area contributed by atoms with Crippen molar-refractivity contribution in [3.05, 3.63) is 255 Å². The maximum absolute atomic E-state index is 14.6. The van der Waals surface area contributed by atoms with Crippen LogP contribution in [0, 0.1) is 17.5 Å². The molecule has 0 unspecified atom stereocenters. The van der Waals surface area contributed by atoms with E-state index in [0.29, 0.717) is 11.1 Å². The molecule has 0 aliphatic rings. The van der Waals surface area contributed by atoms with Crippen molar-refractivity contribution in [1.29, 1.82) is 0 Å². The molecule has 0 heterocycles. The standard InChI is InChI=1S/2C23H23F.C15H16BFO2.C8H9Br/c2*1-3-5-18-8-10-19(11-9-18)21-14-15-22(23(24)16-21)20-12-6-17(4-2)7-13-20;1-2-3-11-4-6-12(7-5-11)13-8-9-14(16(18)19)15(17)10-13;1-2-7-3-5-8(9)6-4-7/h2*6-16H,3-5H2,1-2H3;4-10,18-19H,2-3H2,1H3;3-6H,2H2,1H3. The zero-order chi connectivity index (χ0) is 54.4. The van der Waals surface area contributed by atoms with Crippen molar-refractivity contribution in [1.82, 2.24) is 0 Å². The summed E-state index contributed by atoms with van der Waals surface area (Å²) in [6, 6.07) is 64.9. The van der Waals surface area contributed by atoms with Gasteiger partial charge in [0, 0.05) is 21.1 Å². The van der Waals surface area contributed by atoms with Crippen LogP contribution in [-0.2, 0) is 38.5 Å². The van der Waals surface area contributed by atoms with Crippen molar-refractivity contribution in [3.8, 4) is 55.6 Å². The fraction of sp³-hybridized carbons (Fsp3) is 0.217. The zero-order valence-corrected chi connectivity index (χ0v) is 46.5. The first-order valence-electron chi connectivity index (χ1n) is 26.8. The third kappa shape index (κ3) is 17.1. The van der Waals surface area contributed by atoms with E-state index in [9.17, 15) is 13.2 Å². The zero-order valence-electron chi connectivity index (χ0n) is 44.9. The van der Waals surface area contributed by atoms with Gasteiger partial charge in [0.15, 0.2) is 0 Å². The van der Waals surface area contributed by atoms with Crippen LogP contribution in [0.4, 0.5) is 13.2 Å². The van der Waals surface area contributed by atoms with E-state index in [0.717, 1.165) is 107 Å². The fourth-order valence-electron chi connectivity index (χ4n) is 8.79. The first kappa shape index (κ1) is 58.5. The van der Waals surface area contributed by atoms with Crippen LogP contribution in [0.15, 0.2) is 205 Å². The summed E-state index contributed by atoms with van der Waals surface area (Å²) >= 11 is 3.37. The van der Waals surface area contributed by atoms with Crippen molar-refractivity contribution >= 4 is 28.5 Å². The first-order chi connectivity index (χ1) is 36.9. The molecule has 0 atom stereocenters. The predicted octanol–water partition coefficient (Wildman–Crippen LogP) is 18.5. The van der Waals surface area contributed by atoms with E-state index in [1.807, 2.05) is 72.8 Å². The van der Waals surface area contributed by atoms with E-state index in [-0.39, 0.29) is 17.1 Å². The molecular formula is C69H71BBrF3O2. The average Bonchev–Trinajstić information content (AvgIpc) is 3.45. The minimum absolute atomic E-state index is 0.105. The molecule has 7 heteroatoms. The van der Waals surface area contributed by atoms with Gasteiger partial charge in [-0.25, -0.2) is 13.2 Å². The highest BCUT2D eigenvalue weighted by Crippen LogP contribution is 2.31. The number of hydrogen-bond donors (Lipinski definition) is 2. The van der Waals surface area contributed by atoms with Gasteiger partial charge in [0.1, 0.15) is 17.5 Å². The molecule has 0 saturated carbocycles. The van der Waals surface area contributed by atoms with E-state index in [1.165, 1.54) is 45.5 Å². The van der Waals surface area contributed by atoms with E-state index >= 15 is 0 Å². The Morgan fingerprint density at radius 2 is 0.579 bits per heavy atom. The average molecular weight is 1080 g/mol. The topological polar surface area (TPSA) is 40.5 Å². The Bertz CT molecular complexity index is 3010. The smallest absolute Gasteiger partial charge is 0.423 e. The van der Waals surface area contributed by atoms with Crippen molar-refractivity contribution in [2.45, 2.75) is 99.3 Å². The van der Waals surface area contributed by atoms with Crippen LogP contribution in [0.2, 0.25) is 0 Å². The van der Waals surface area contributed by atoms with Crippen LogP contribution >= 0.6 is 15.9 Å². The molecule has 0 bridgehead atoms. The Hall–Kier alpha value is -6.77. The summed E-state index contributed by atoms with van der Waals surface area (Å²) < 4.78 is 44.0. The van der Waals surface area contributed by atoms with Crippen LogP contribution < -0.4 is 5.46 Å². The monoisotopic (exact) mass is 1080 g/mol. The second-order valence-corrected chi connectivity index (χ2v) is 19.8. The normalized spacial score (nSPS) is 10.6. The number of halogens is 4. The number of aryl methyl sites for hydroxylation is 6. The van der Waals surface area contributed by atoms with Gasteiger partial charge in [-0.1, -0.05) is 247 Å². The molecule has 0 amide bonds. The second kappa shape index (κ2) is 30.1. The minimum atomic E-state index is -1.78. The summed E-state index contributed by atoms with van der Waals surface area (Å²) in [5, 5.41) is 18.0. The number of hydrogen-bond acceptors (Lipinski definition) is 2. The molecule has 0 aliphatic carbocycles. The van der Waals surface area contributed by atoms with E-state index in [4.69, 9.17) is 10.0 Å². The Kier molecular flexibility index (Phi) is 23.2. The minimum Gasteiger partial charge on any atom is -0.423 e. The van der Waals surface area contributed by atoms with Gasteiger partial charge in [0.25, 0.3) is 0 Å². The molecule has 0 aromatic heterocycles. The van der Waals surface area contributed by atoms with Crippen molar-refractivity contribution in [2.24, 2.45) is 0 Å². The van der Waals surface area contributed by atoms with Crippen LogP contribution in [0.3, 0.4) is 0 Å². The van der Waals surface area contributed by atoms with Gasteiger partial charge in [0.2, 0.25) is 0 Å². The largest absolute Gasteiger partial charge is 0.491 e. The predicted molar refractivity (Wildman–Crippen MR) is 320 cm³/mol. The summed E-state index contributed by atoms with van der Waals surface area (Å²) in [4.78, 5) is 0. The SMILES string of the molecule is CCCc1ccc(-c2ccc(-c3ccc(CC)cc3)c(F)c2)cc1.CCCc1ccc(-c2ccc(-c3ccc(CC)cc3)c(F)c2)cc1.CCCc1ccc(-c2ccc(B(O)O)c(F)c2)cc1.CCc1ccc(Br)cc1. The van der Waals surface area contributed by atoms with Crippen LogP contribution in [0.5, 0.6) is 0 Å². The van der Waals surface area contributed by atoms with Crippen molar-refractivity contribution in [3.63, 3.8) is 0 Å². The van der Waals surface area contributed by atoms with Crippen molar-refractivity contribution < 1.29 is 23.2 Å². The molecule has 2 nitrogen and oxygen atoms in total. The second-order valence-electron chi connectivity index (χ2n) is 18.9. The molecule has 2 N–H and O–H groups in total. The third-order valence-electron chi connectivity index (χ3n) is 13.4. The lowest BCUT2D eigenvalue weighted by Gasteiger charge is -2.08.